The van der Waals surface area contributed by atoms with Gasteiger partial charge in [-0.15, -0.1) is 0 Å². The average Bonchev–Trinajstić information content (AvgIpc) is 2.28. The number of piperidine rings is 1. The van der Waals surface area contributed by atoms with E-state index in [9.17, 15) is 13.5 Å². The van der Waals surface area contributed by atoms with Gasteiger partial charge in [0.25, 0.3) is 0 Å². The summed E-state index contributed by atoms with van der Waals surface area (Å²) in [4.78, 5) is 0. The minimum absolute atomic E-state index is 0.00444. The molecule has 0 unspecified atom stereocenters. The average molecular weight is 271 g/mol. The fraction of sp³-hybridized carbons (Fsp3) is 0.500. The van der Waals surface area contributed by atoms with Crippen molar-refractivity contribution >= 4 is 10.0 Å². The van der Waals surface area contributed by atoms with Crippen molar-refractivity contribution in [1.82, 2.24) is 4.31 Å². The zero-order valence-corrected chi connectivity index (χ0v) is 11.1. The molecule has 0 saturated carbocycles. The number of aromatic hydroxyl groups is 1. The van der Waals surface area contributed by atoms with Gasteiger partial charge in [0.2, 0.25) is 10.0 Å². The predicted octanol–water partition coefficient (Wildman–Crippen LogP) is 1.19. The number of hydrogen-bond donors (Lipinski definition) is 1. The molecular formula is C12H17NO4S. The second kappa shape index (κ2) is 5.16. The van der Waals surface area contributed by atoms with Crippen molar-refractivity contribution < 1.29 is 18.3 Å². The van der Waals surface area contributed by atoms with Gasteiger partial charge < -0.3 is 9.84 Å². The molecule has 0 atom stereocenters. The summed E-state index contributed by atoms with van der Waals surface area (Å²) in [6.45, 7) is 0.977. The van der Waals surface area contributed by atoms with Crippen LogP contribution in [-0.2, 0) is 10.0 Å². The molecule has 0 amide bonds. The molecule has 0 aromatic heterocycles. The molecule has 1 aliphatic rings. The number of rotatable bonds is 3. The summed E-state index contributed by atoms with van der Waals surface area (Å²) in [5.41, 5.74) is 0. The Balaban J connectivity index is 1.91. The van der Waals surface area contributed by atoms with Crippen LogP contribution in [0.15, 0.2) is 24.3 Å². The Morgan fingerprint density at radius 3 is 2.56 bits per heavy atom. The van der Waals surface area contributed by atoms with Crippen LogP contribution in [0.1, 0.15) is 12.8 Å². The van der Waals surface area contributed by atoms with Gasteiger partial charge in [-0.1, -0.05) is 6.07 Å². The van der Waals surface area contributed by atoms with Crippen LogP contribution in [0.5, 0.6) is 11.5 Å². The summed E-state index contributed by atoms with van der Waals surface area (Å²) in [6, 6.07) is 6.64. The first kappa shape index (κ1) is 13.2. The second-order valence-electron chi connectivity index (χ2n) is 4.48. The summed E-state index contributed by atoms with van der Waals surface area (Å²) in [7, 11) is -3.09. The molecule has 1 heterocycles. The number of hydrogen-bond acceptors (Lipinski definition) is 4. The van der Waals surface area contributed by atoms with E-state index < -0.39 is 10.0 Å². The molecule has 0 aliphatic carbocycles. The highest BCUT2D eigenvalue weighted by Crippen LogP contribution is 2.23. The van der Waals surface area contributed by atoms with E-state index in [1.807, 2.05) is 0 Å². The second-order valence-corrected chi connectivity index (χ2v) is 6.46. The summed E-state index contributed by atoms with van der Waals surface area (Å²) in [6.07, 6.45) is 2.57. The molecule has 1 aromatic rings. The third kappa shape index (κ3) is 3.36. The number of phenols is 1. The van der Waals surface area contributed by atoms with Crippen LogP contribution >= 0.6 is 0 Å². The number of sulfonamides is 1. The van der Waals surface area contributed by atoms with Crippen LogP contribution in [0.25, 0.3) is 0 Å². The van der Waals surface area contributed by atoms with E-state index >= 15 is 0 Å². The topological polar surface area (TPSA) is 66.8 Å². The largest absolute Gasteiger partial charge is 0.508 e. The molecular weight excluding hydrogens is 254 g/mol. The molecule has 6 heteroatoms. The van der Waals surface area contributed by atoms with Crippen molar-refractivity contribution in [2.45, 2.75) is 18.9 Å². The van der Waals surface area contributed by atoms with Crippen molar-refractivity contribution in [3.05, 3.63) is 24.3 Å². The third-order valence-corrected chi connectivity index (χ3v) is 4.29. The van der Waals surface area contributed by atoms with Crippen molar-refractivity contribution in [2.24, 2.45) is 0 Å². The quantitative estimate of drug-likeness (QED) is 0.897. The van der Waals surface area contributed by atoms with E-state index in [-0.39, 0.29) is 11.9 Å². The lowest BCUT2D eigenvalue weighted by Gasteiger charge is -2.30. The lowest BCUT2D eigenvalue weighted by Crippen LogP contribution is -2.41. The maximum atomic E-state index is 11.3. The summed E-state index contributed by atoms with van der Waals surface area (Å²) < 4.78 is 29.9. The Kier molecular flexibility index (Phi) is 3.77. The Morgan fingerprint density at radius 1 is 1.33 bits per heavy atom. The van der Waals surface area contributed by atoms with E-state index in [4.69, 9.17) is 4.74 Å². The van der Waals surface area contributed by atoms with Gasteiger partial charge in [-0.05, 0) is 25.0 Å². The predicted molar refractivity (Wildman–Crippen MR) is 68.2 cm³/mol. The Morgan fingerprint density at radius 2 is 2.00 bits per heavy atom. The van der Waals surface area contributed by atoms with Gasteiger partial charge in [-0.25, -0.2) is 12.7 Å². The van der Waals surface area contributed by atoms with E-state index in [0.29, 0.717) is 31.7 Å². The van der Waals surface area contributed by atoms with Gasteiger partial charge in [-0.3, -0.25) is 0 Å². The van der Waals surface area contributed by atoms with Gasteiger partial charge in [0, 0.05) is 19.2 Å². The highest BCUT2D eigenvalue weighted by atomic mass is 32.2. The monoisotopic (exact) mass is 271 g/mol. The van der Waals surface area contributed by atoms with Crippen molar-refractivity contribution in [3.63, 3.8) is 0 Å². The van der Waals surface area contributed by atoms with E-state index in [1.54, 1.807) is 24.3 Å². The zero-order valence-electron chi connectivity index (χ0n) is 10.2. The normalized spacial score (nSPS) is 18.7. The minimum Gasteiger partial charge on any atom is -0.508 e. The highest BCUT2D eigenvalue weighted by molar-refractivity contribution is 7.88. The maximum absolute atomic E-state index is 11.3. The Hall–Kier alpha value is -1.27. The molecule has 1 aromatic carbocycles. The zero-order chi connectivity index (χ0) is 13.2. The van der Waals surface area contributed by atoms with Gasteiger partial charge in [0.05, 0.1) is 6.26 Å². The molecule has 0 spiro atoms. The fourth-order valence-corrected chi connectivity index (χ4v) is 2.90. The van der Waals surface area contributed by atoms with Crippen LogP contribution in [0.3, 0.4) is 0 Å². The fourth-order valence-electron chi connectivity index (χ4n) is 2.03. The van der Waals surface area contributed by atoms with Gasteiger partial charge in [0.15, 0.2) is 0 Å². The van der Waals surface area contributed by atoms with E-state index in [0.717, 1.165) is 0 Å². The highest BCUT2D eigenvalue weighted by Gasteiger charge is 2.25. The van der Waals surface area contributed by atoms with Gasteiger partial charge in [0.1, 0.15) is 17.6 Å². The molecule has 1 saturated heterocycles. The van der Waals surface area contributed by atoms with Gasteiger partial charge in [-0.2, -0.15) is 0 Å². The SMILES string of the molecule is CS(=O)(=O)N1CCC(Oc2cccc(O)c2)CC1. The Labute approximate surface area is 107 Å². The van der Waals surface area contributed by atoms with Crippen molar-refractivity contribution in [3.8, 4) is 11.5 Å². The smallest absolute Gasteiger partial charge is 0.211 e. The number of nitrogens with zero attached hydrogens (tertiary/aromatic N) is 1. The minimum atomic E-state index is -3.09. The van der Waals surface area contributed by atoms with Gasteiger partial charge >= 0.3 is 0 Å². The van der Waals surface area contributed by atoms with E-state index in [2.05, 4.69) is 0 Å². The third-order valence-electron chi connectivity index (χ3n) is 2.99. The molecule has 1 N–H and O–H groups in total. The van der Waals surface area contributed by atoms with Crippen LogP contribution in [0.2, 0.25) is 0 Å². The Bertz CT molecular complexity index is 507. The van der Waals surface area contributed by atoms with E-state index in [1.165, 1.54) is 10.6 Å². The van der Waals surface area contributed by atoms with Crippen LogP contribution in [-0.4, -0.2) is 43.3 Å². The van der Waals surface area contributed by atoms with Crippen molar-refractivity contribution in [2.75, 3.05) is 19.3 Å². The molecule has 1 fully saturated rings. The first-order valence-electron chi connectivity index (χ1n) is 5.86. The van der Waals surface area contributed by atoms with Crippen molar-refractivity contribution in [1.29, 1.82) is 0 Å². The molecule has 1 aliphatic heterocycles. The molecule has 100 valence electrons. The maximum Gasteiger partial charge on any atom is 0.211 e. The van der Waals surface area contributed by atoms with Crippen LogP contribution in [0, 0.1) is 0 Å². The summed E-state index contributed by atoms with van der Waals surface area (Å²) in [5.74, 6) is 0.786. The first-order valence-corrected chi connectivity index (χ1v) is 7.71. The molecule has 0 bridgehead atoms. The van der Waals surface area contributed by atoms with Crippen LogP contribution < -0.4 is 4.74 Å². The first-order chi connectivity index (χ1) is 8.45. The lowest BCUT2D eigenvalue weighted by atomic mass is 10.1. The van der Waals surface area contributed by atoms with Crippen LogP contribution in [0.4, 0.5) is 0 Å². The number of phenolic OH excluding ortho intramolecular Hbond substituents is 1. The number of ether oxygens (including phenoxy) is 1. The molecule has 18 heavy (non-hydrogen) atoms. The summed E-state index contributed by atoms with van der Waals surface area (Å²) in [5, 5.41) is 9.32. The standard InChI is InChI=1S/C12H17NO4S/c1-18(15,16)13-7-5-11(6-8-13)17-12-4-2-3-10(14)9-12/h2-4,9,11,14H,5-8H2,1H3. The lowest BCUT2D eigenvalue weighted by molar-refractivity contribution is 0.135. The summed E-state index contributed by atoms with van der Waals surface area (Å²) >= 11 is 0. The molecule has 5 nitrogen and oxygen atoms in total. The number of benzene rings is 1. The molecule has 2 rings (SSSR count). The molecule has 0 radical (unpaired) electrons.